The van der Waals surface area contributed by atoms with Crippen LogP contribution >= 0.6 is 0 Å². The lowest BCUT2D eigenvalue weighted by Crippen LogP contribution is -2.30. The number of unbranched alkanes of at least 4 members (excludes halogenated alkanes) is 36. The topological polar surface area (TPSA) is 78.9 Å². The molecule has 6 heteroatoms. The van der Waals surface area contributed by atoms with E-state index in [1.807, 2.05) is 0 Å². The molecule has 0 fully saturated rings. The van der Waals surface area contributed by atoms with Crippen LogP contribution in [-0.2, 0) is 28.6 Å². The van der Waals surface area contributed by atoms with Crippen LogP contribution in [0.25, 0.3) is 0 Å². The zero-order chi connectivity index (χ0) is 43.7. The van der Waals surface area contributed by atoms with Crippen LogP contribution in [0.5, 0.6) is 0 Å². The third-order valence-electron chi connectivity index (χ3n) is 12.0. The van der Waals surface area contributed by atoms with E-state index >= 15 is 0 Å². The lowest BCUT2D eigenvalue weighted by molar-refractivity contribution is -0.167. The van der Waals surface area contributed by atoms with Crippen molar-refractivity contribution in [3.05, 3.63) is 12.2 Å². The third kappa shape index (κ3) is 47.2. The minimum atomic E-state index is -0.766. The van der Waals surface area contributed by atoms with Crippen LogP contribution in [0.1, 0.15) is 297 Å². The van der Waals surface area contributed by atoms with Gasteiger partial charge in [-0.1, -0.05) is 245 Å². The van der Waals surface area contributed by atoms with Gasteiger partial charge >= 0.3 is 17.9 Å². The number of hydrogen-bond donors (Lipinski definition) is 0. The second-order valence-corrected chi connectivity index (χ2v) is 18.2. The average Bonchev–Trinajstić information content (AvgIpc) is 3.24. The molecular formula is C54H102O6. The molecule has 0 spiro atoms. The molecule has 0 saturated heterocycles. The molecule has 0 radical (unpaired) electrons. The van der Waals surface area contributed by atoms with Crippen molar-refractivity contribution in [3.63, 3.8) is 0 Å². The summed E-state index contributed by atoms with van der Waals surface area (Å²) in [6.07, 6.45) is 54.8. The van der Waals surface area contributed by atoms with Gasteiger partial charge in [-0.2, -0.15) is 0 Å². The van der Waals surface area contributed by atoms with E-state index in [9.17, 15) is 14.4 Å². The zero-order valence-electron chi connectivity index (χ0n) is 40.5. The minimum Gasteiger partial charge on any atom is -0.462 e. The average molecular weight is 847 g/mol. The van der Waals surface area contributed by atoms with Crippen molar-refractivity contribution in [1.29, 1.82) is 0 Å². The highest BCUT2D eigenvalue weighted by molar-refractivity contribution is 5.71. The highest BCUT2D eigenvalue weighted by Gasteiger charge is 2.19. The van der Waals surface area contributed by atoms with Gasteiger partial charge in [0.25, 0.3) is 0 Å². The Morgan fingerprint density at radius 1 is 0.317 bits per heavy atom. The highest BCUT2D eigenvalue weighted by Crippen LogP contribution is 2.16. The van der Waals surface area contributed by atoms with Gasteiger partial charge in [-0.05, 0) is 44.9 Å². The van der Waals surface area contributed by atoms with E-state index in [0.29, 0.717) is 19.3 Å². The summed E-state index contributed by atoms with van der Waals surface area (Å²) in [5, 5.41) is 0. The van der Waals surface area contributed by atoms with E-state index in [4.69, 9.17) is 14.2 Å². The number of ether oxygens (including phenoxy) is 3. The molecule has 354 valence electrons. The molecule has 60 heavy (non-hydrogen) atoms. The molecule has 6 nitrogen and oxygen atoms in total. The molecule has 0 heterocycles. The van der Waals surface area contributed by atoms with Crippen LogP contribution in [-0.4, -0.2) is 37.2 Å². The van der Waals surface area contributed by atoms with Crippen molar-refractivity contribution in [2.24, 2.45) is 0 Å². The first-order valence-corrected chi connectivity index (χ1v) is 26.7. The largest absolute Gasteiger partial charge is 0.462 e. The molecule has 0 amide bonds. The number of rotatable bonds is 49. The van der Waals surface area contributed by atoms with Gasteiger partial charge < -0.3 is 14.2 Å². The molecule has 0 aliphatic carbocycles. The number of allylic oxidation sites excluding steroid dienone is 2. The molecule has 0 aliphatic rings. The summed E-state index contributed by atoms with van der Waals surface area (Å²) < 4.78 is 16.8. The van der Waals surface area contributed by atoms with E-state index in [-0.39, 0.29) is 31.1 Å². The quantitative estimate of drug-likeness (QED) is 0.0263. The highest BCUT2D eigenvalue weighted by atomic mass is 16.6. The van der Waals surface area contributed by atoms with Gasteiger partial charge in [-0.3, -0.25) is 14.4 Å². The second kappa shape index (κ2) is 49.8. The van der Waals surface area contributed by atoms with Gasteiger partial charge in [0.15, 0.2) is 6.10 Å². The van der Waals surface area contributed by atoms with Gasteiger partial charge in [0.1, 0.15) is 13.2 Å². The molecule has 0 saturated carbocycles. The van der Waals surface area contributed by atoms with Gasteiger partial charge in [-0.25, -0.2) is 0 Å². The Bertz CT molecular complexity index is 931. The standard InChI is InChI=1S/C54H102O6/c1-4-7-10-13-16-19-22-24-26-28-30-32-35-38-41-44-47-53(56)59-50-51(49-58-52(55)46-43-40-37-34-21-18-15-12-9-6-3)60-54(57)48-45-42-39-36-33-31-29-27-25-23-20-17-14-11-8-5-2/h26,28,51H,4-25,27,29-50H2,1-3H3/b28-26-. The van der Waals surface area contributed by atoms with E-state index in [1.165, 1.54) is 193 Å². The molecular weight excluding hydrogens is 745 g/mol. The lowest BCUT2D eigenvalue weighted by atomic mass is 10.0. The fourth-order valence-electron chi connectivity index (χ4n) is 7.97. The van der Waals surface area contributed by atoms with Crippen LogP contribution in [0.3, 0.4) is 0 Å². The van der Waals surface area contributed by atoms with Crippen LogP contribution in [0.15, 0.2) is 12.2 Å². The third-order valence-corrected chi connectivity index (χ3v) is 12.0. The number of hydrogen-bond acceptors (Lipinski definition) is 6. The van der Waals surface area contributed by atoms with E-state index in [2.05, 4.69) is 32.9 Å². The first-order chi connectivity index (χ1) is 29.5. The van der Waals surface area contributed by atoms with Crippen LogP contribution in [0.2, 0.25) is 0 Å². The van der Waals surface area contributed by atoms with Crippen molar-refractivity contribution >= 4 is 17.9 Å². The van der Waals surface area contributed by atoms with Gasteiger partial charge in [-0.15, -0.1) is 0 Å². The first kappa shape index (κ1) is 58.1. The minimum absolute atomic E-state index is 0.0674. The molecule has 1 unspecified atom stereocenters. The van der Waals surface area contributed by atoms with Crippen molar-refractivity contribution in [1.82, 2.24) is 0 Å². The van der Waals surface area contributed by atoms with Crippen molar-refractivity contribution in [3.8, 4) is 0 Å². The zero-order valence-corrected chi connectivity index (χ0v) is 40.5. The summed E-state index contributed by atoms with van der Waals surface area (Å²) in [6, 6.07) is 0. The maximum Gasteiger partial charge on any atom is 0.306 e. The van der Waals surface area contributed by atoms with E-state index < -0.39 is 6.10 Å². The molecule has 0 aromatic carbocycles. The summed E-state index contributed by atoms with van der Waals surface area (Å²) in [7, 11) is 0. The number of carbonyl (C=O) groups is 3. The van der Waals surface area contributed by atoms with Crippen LogP contribution in [0, 0.1) is 0 Å². The number of carbonyl (C=O) groups excluding carboxylic acids is 3. The summed E-state index contributed by atoms with van der Waals surface area (Å²) in [5.41, 5.74) is 0. The molecule has 0 aliphatic heterocycles. The Hall–Kier alpha value is -1.85. The second-order valence-electron chi connectivity index (χ2n) is 18.2. The van der Waals surface area contributed by atoms with Gasteiger partial charge in [0.2, 0.25) is 0 Å². The Morgan fingerprint density at radius 2 is 0.550 bits per heavy atom. The Labute approximate surface area is 373 Å². The fraction of sp³-hybridized carbons (Fsp3) is 0.907. The van der Waals surface area contributed by atoms with Crippen LogP contribution in [0.4, 0.5) is 0 Å². The summed E-state index contributed by atoms with van der Waals surface area (Å²) in [4.78, 5) is 37.9. The summed E-state index contributed by atoms with van der Waals surface area (Å²) >= 11 is 0. The molecule has 0 bridgehead atoms. The van der Waals surface area contributed by atoms with E-state index in [1.54, 1.807) is 0 Å². The lowest BCUT2D eigenvalue weighted by Gasteiger charge is -2.18. The van der Waals surface area contributed by atoms with Crippen molar-refractivity contribution < 1.29 is 28.6 Å². The molecule has 0 aromatic heterocycles. The maximum absolute atomic E-state index is 12.8. The summed E-state index contributed by atoms with van der Waals surface area (Å²) in [6.45, 7) is 6.66. The maximum atomic E-state index is 12.8. The molecule has 1 atom stereocenters. The molecule has 0 aromatic rings. The van der Waals surface area contributed by atoms with Gasteiger partial charge in [0, 0.05) is 19.3 Å². The van der Waals surface area contributed by atoms with Crippen molar-refractivity contribution in [2.75, 3.05) is 13.2 Å². The first-order valence-electron chi connectivity index (χ1n) is 26.7. The smallest absolute Gasteiger partial charge is 0.306 e. The SMILES string of the molecule is CCCCCCCCC/C=C\CCCCCCCC(=O)OCC(COC(=O)CCCCCCCCCCCC)OC(=O)CCCCCCCCCCCCCCCCCC. The normalized spacial score (nSPS) is 12.0. The predicted molar refractivity (Wildman–Crippen MR) is 256 cm³/mol. The van der Waals surface area contributed by atoms with Crippen LogP contribution < -0.4 is 0 Å². The van der Waals surface area contributed by atoms with Gasteiger partial charge in [0.05, 0.1) is 0 Å². The molecule has 0 N–H and O–H groups in total. The van der Waals surface area contributed by atoms with E-state index in [0.717, 1.165) is 64.2 Å². The monoisotopic (exact) mass is 847 g/mol. The fourth-order valence-corrected chi connectivity index (χ4v) is 7.97. The molecule has 0 rings (SSSR count). The Morgan fingerprint density at radius 3 is 0.833 bits per heavy atom. The Kier molecular flexibility index (Phi) is 48.3. The summed E-state index contributed by atoms with van der Waals surface area (Å²) in [5.74, 6) is -0.859. The Balaban J connectivity index is 4.30. The number of esters is 3. The van der Waals surface area contributed by atoms with Crippen molar-refractivity contribution in [2.45, 2.75) is 303 Å². The predicted octanol–water partition coefficient (Wildman–Crippen LogP) is 17.4.